The van der Waals surface area contributed by atoms with E-state index in [4.69, 9.17) is 10.00 Å². The van der Waals surface area contributed by atoms with Gasteiger partial charge in [-0.15, -0.1) is 0 Å². The van der Waals surface area contributed by atoms with Gasteiger partial charge < -0.3 is 4.74 Å². The van der Waals surface area contributed by atoms with Crippen LogP contribution in [0.1, 0.15) is 40.1 Å². The van der Waals surface area contributed by atoms with Gasteiger partial charge >= 0.3 is 5.97 Å². The van der Waals surface area contributed by atoms with E-state index in [-0.39, 0.29) is 28.3 Å². The third-order valence-corrected chi connectivity index (χ3v) is 2.70. The molecule has 0 amide bonds. The standard InChI is InChI=1S/C13H12BrNO3/c1-3-18-13(17)11-5-4-9(6-10(11)7-15)12(16)8(2)14/h4-6,8H,3H2,1-2H3. The molecule has 5 heteroatoms. The number of carbonyl (C=O) groups is 2. The molecule has 0 spiro atoms. The first-order valence-electron chi connectivity index (χ1n) is 5.40. The van der Waals surface area contributed by atoms with Crippen LogP contribution in [0.5, 0.6) is 0 Å². The van der Waals surface area contributed by atoms with Crippen LogP contribution < -0.4 is 0 Å². The fourth-order valence-electron chi connectivity index (χ4n) is 1.41. The molecule has 0 saturated heterocycles. The van der Waals surface area contributed by atoms with Crippen molar-refractivity contribution < 1.29 is 14.3 Å². The fraction of sp³-hybridized carbons (Fsp3) is 0.308. The number of benzene rings is 1. The van der Waals surface area contributed by atoms with Crippen molar-refractivity contribution in [1.29, 1.82) is 5.26 Å². The lowest BCUT2D eigenvalue weighted by Gasteiger charge is -2.07. The fourth-order valence-corrected chi connectivity index (χ4v) is 1.67. The van der Waals surface area contributed by atoms with E-state index in [0.29, 0.717) is 5.56 Å². The number of hydrogen-bond donors (Lipinski definition) is 0. The lowest BCUT2D eigenvalue weighted by Crippen LogP contribution is -2.12. The van der Waals surface area contributed by atoms with E-state index in [0.717, 1.165) is 0 Å². The van der Waals surface area contributed by atoms with Crippen molar-refractivity contribution >= 4 is 27.7 Å². The number of ketones is 1. The first kappa shape index (κ1) is 14.4. The molecule has 18 heavy (non-hydrogen) atoms. The van der Waals surface area contributed by atoms with Crippen LogP contribution in [-0.2, 0) is 4.74 Å². The summed E-state index contributed by atoms with van der Waals surface area (Å²) in [5.74, 6) is -0.693. The second-order valence-electron chi connectivity index (χ2n) is 3.57. The number of Topliss-reactive ketones (excluding diaryl/α,β-unsaturated/α-hetero) is 1. The molecule has 1 unspecified atom stereocenters. The smallest absolute Gasteiger partial charge is 0.339 e. The normalized spacial score (nSPS) is 11.4. The summed E-state index contributed by atoms with van der Waals surface area (Å²) in [7, 11) is 0. The highest BCUT2D eigenvalue weighted by Crippen LogP contribution is 2.16. The monoisotopic (exact) mass is 309 g/mol. The van der Waals surface area contributed by atoms with Crippen LogP contribution in [-0.4, -0.2) is 23.2 Å². The Bertz CT molecular complexity index is 517. The molecule has 0 aliphatic carbocycles. The Morgan fingerprint density at radius 2 is 2.17 bits per heavy atom. The Hall–Kier alpha value is -1.67. The van der Waals surface area contributed by atoms with Gasteiger partial charge in [-0.2, -0.15) is 5.26 Å². The second-order valence-corrected chi connectivity index (χ2v) is 4.95. The quantitative estimate of drug-likeness (QED) is 0.487. The lowest BCUT2D eigenvalue weighted by molar-refractivity contribution is 0.0525. The molecule has 1 aromatic rings. The van der Waals surface area contributed by atoms with Crippen molar-refractivity contribution in [3.8, 4) is 6.07 Å². The maximum atomic E-state index is 11.7. The molecule has 0 radical (unpaired) electrons. The summed E-state index contributed by atoms with van der Waals surface area (Å²) >= 11 is 3.17. The molecule has 0 fully saturated rings. The maximum Gasteiger partial charge on any atom is 0.339 e. The molecule has 0 aliphatic heterocycles. The lowest BCUT2D eigenvalue weighted by atomic mass is 10.0. The minimum Gasteiger partial charge on any atom is -0.462 e. The molecule has 0 aromatic heterocycles. The molecule has 0 N–H and O–H groups in total. The Morgan fingerprint density at radius 3 is 2.67 bits per heavy atom. The summed E-state index contributed by atoms with van der Waals surface area (Å²) in [6.07, 6.45) is 0. The summed E-state index contributed by atoms with van der Waals surface area (Å²) in [6.45, 7) is 3.63. The predicted octanol–water partition coefficient (Wildman–Crippen LogP) is 2.70. The Morgan fingerprint density at radius 1 is 1.50 bits per heavy atom. The van der Waals surface area contributed by atoms with Gasteiger partial charge in [-0.25, -0.2) is 4.79 Å². The summed E-state index contributed by atoms with van der Waals surface area (Å²) < 4.78 is 4.83. The van der Waals surface area contributed by atoms with Gasteiger partial charge in [-0.05, 0) is 26.0 Å². The largest absolute Gasteiger partial charge is 0.462 e. The average Bonchev–Trinajstić information content (AvgIpc) is 2.37. The van der Waals surface area contributed by atoms with Crippen molar-refractivity contribution in [3.05, 3.63) is 34.9 Å². The molecule has 1 rings (SSSR count). The van der Waals surface area contributed by atoms with Gasteiger partial charge in [0.2, 0.25) is 0 Å². The topological polar surface area (TPSA) is 67.2 Å². The highest BCUT2D eigenvalue weighted by atomic mass is 79.9. The number of nitrogens with zero attached hydrogens (tertiary/aromatic N) is 1. The van der Waals surface area contributed by atoms with E-state index in [1.54, 1.807) is 13.8 Å². The molecule has 94 valence electrons. The zero-order valence-electron chi connectivity index (χ0n) is 10.1. The first-order valence-corrected chi connectivity index (χ1v) is 6.32. The van der Waals surface area contributed by atoms with Crippen molar-refractivity contribution in [1.82, 2.24) is 0 Å². The van der Waals surface area contributed by atoms with Gasteiger partial charge in [0.25, 0.3) is 0 Å². The number of rotatable bonds is 4. The average molecular weight is 310 g/mol. The number of alkyl halides is 1. The molecule has 0 heterocycles. The van der Waals surface area contributed by atoms with Crippen molar-refractivity contribution in [3.63, 3.8) is 0 Å². The van der Waals surface area contributed by atoms with Gasteiger partial charge in [0, 0.05) is 5.56 Å². The van der Waals surface area contributed by atoms with Crippen molar-refractivity contribution in [2.75, 3.05) is 6.61 Å². The summed E-state index contributed by atoms with van der Waals surface area (Å²) in [4.78, 5) is 23.0. The highest BCUT2D eigenvalue weighted by molar-refractivity contribution is 9.10. The predicted molar refractivity (Wildman–Crippen MR) is 69.8 cm³/mol. The van der Waals surface area contributed by atoms with Crippen LogP contribution in [0.2, 0.25) is 0 Å². The highest BCUT2D eigenvalue weighted by Gasteiger charge is 2.17. The van der Waals surface area contributed by atoms with Gasteiger partial charge in [0.15, 0.2) is 5.78 Å². The molecular formula is C13H12BrNO3. The molecule has 4 nitrogen and oxygen atoms in total. The van der Waals surface area contributed by atoms with E-state index >= 15 is 0 Å². The zero-order valence-corrected chi connectivity index (χ0v) is 11.7. The Kier molecular flexibility index (Phi) is 5.05. The minimum absolute atomic E-state index is 0.137. The third kappa shape index (κ3) is 3.17. The summed E-state index contributed by atoms with van der Waals surface area (Å²) in [5, 5.41) is 9.00. The number of esters is 1. The maximum absolute atomic E-state index is 11.7. The van der Waals surface area contributed by atoms with E-state index in [2.05, 4.69) is 15.9 Å². The number of nitriles is 1. The van der Waals surface area contributed by atoms with Crippen LogP contribution in [0.4, 0.5) is 0 Å². The number of carbonyl (C=O) groups excluding carboxylic acids is 2. The van der Waals surface area contributed by atoms with E-state index in [1.165, 1.54) is 18.2 Å². The summed E-state index contributed by atoms with van der Waals surface area (Å²) in [6, 6.07) is 6.27. The first-order chi connectivity index (χ1) is 8.51. The van der Waals surface area contributed by atoms with Crippen LogP contribution >= 0.6 is 15.9 Å². The molecule has 1 aromatic carbocycles. The summed E-state index contributed by atoms with van der Waals surface area (Å²) in [5.41, 5.74) is 0.717. The number of ether oxygens (including phenoxy) is 1. The van der Waals surface area contributed by atoms with Gasteiger partial charge in [0.05, 0.1) is 22.6 Å². The molecule has 0 saturated carbocycles. The van der Waals surface area contributed by atoms with Crippen molar-refractivity contribution in [2.24, 2.45) is 0 Å². The van der Waals surface area contributed by atoms with E-state index in [9.17, 15) is 9.59 Å². The van der Waals surface area contributed by atoms with Gasteiger partial charge in [-0.1, -0.05) is 22.0 Å². The minimum atomic E-state index is -0.556. The van der Waals surface area contributed by atoms with Crippen LogP contribution in [0.15, 0.2) is 18.2 Å². The van der Waals surface area contributed by atoms with E-state index < -0.39 is 5.97 Å². The van der Waals surface area contributed by atoms with Crippen molar-refractivity contribution in [2.45, 2.75) is 18.7 Å². The number of hydrogen-bond acceptors (Lipinski definition) is 4. The molecule has 1 atom stereocenters. The second kappa shape index (κ2) is 6.31. The molecule has 0 aliphatic rings. The number of halogens is 1. The van der Waals surface area contributed by atoms with Gasteiger partial charge in [0.1, 0.15) is 6.07 Å². The molecule has 0 bridgehead atoms. The van der Waals surface area contributed by atoms with Crippen LogP contribution in [0.25, 0.3) is 0 Å². The third-order valence-electron chi connectivity index (χ3n) is 2.28. The SMILES string of the molecule is CCOC(=O)c1ccc(C(=O)C(C)Br)cc1C#N. The Balaban J connectivity index is 3.17. The van der Waals surface area contributed by atoms with E-state index in [1.807, 2.05) is 6.07 Å². The molecular weight excluding hydrogens is 298 g/mol. The van der Waals surface area contributed by atoms with Crippen LogP contribution in [0, 0.1) is 11.3 Å². The van der Waals surface area contributed by atoms with Crippen LogP contribution in [0.3, 0.4) is 0 Å². The Labute approximate surface area is 114 Å². The zero-order chi connectivity index (χ0) is 13.7. The van der Waals surface area contributed by atoms with Gasteiger partial charge in [-0.3, -0.25) is 4.79 Å².